The lowest BCUT2D eigenvalue weighted by Crippen LogP contribution is -1.83. The molecule has 0 unspecified atom stereocenters. The fraction of sp³-hybridized carbons (Fsp3) is 0.143. The highest BCUT2D eigenvalue weighted by Crippen LogP contribution is 2.18. The van der Waals surface area contributed by atoms with Gasteiger partial charge >= 0.3 is 0 Å². The third kappa shape index (κ3) is 2.79. The molecule has 0 saturated heterocycles. The summed E-state index contributed by atoms with van der Waals surface area (Å²) in [7, 11) is 0. The van der Waals surface area contributed by atoms with Gasteiger partial charge in [-0.3, -0.25) is 0 Å². The lowest BCUT2D eigenvalue weighted by molar-refractivity contribution is 0.515. The van der Waals surface area contributed by atoms with Gasteiger partial charge in [0.05, 0.1) is 18.2 Å². The number of nitriles is 1. The van der Waals surface area contributed by atoms with Crippen LogP contribution in [0.25, 0.3) is 12.2 Å². The number of hydrogen-bond donors (Lipinski definition) is 0. The fourth-order valence-electron chi connectivity index (χ4n) is 1.53. The highest BCUT2D eigenvalue weighted by Gasteiger charge is 2.06. The van der Waals surface area contributed by atoms with E-state index in [4.69, 9.17) is 21.3 Å². The molecular formula is C14H11ClN2O. The predicted octanol–water partition coefficient (Wildman–Crippen LogP) is 3.87. The van der Waals surface area contributed by atoms with E-state index in [9.17, 15) is 0 Å². The van der Waals surface area contributed by atoms with Gasteiger partial charge in [-0.2, -0.15) is 5.26 Å². The van der Waals surface area contributed by atoms with Crippen molar-refractivity contribution in [2.24, 2.45) is 0 Å². The molecule has 0 saturated carbocycles. The maximum absolute atomic E-state index is 8.63. The summed E-state index contributed by atoms with van der Waals surface area (Å²) in [5.74, 6) is 1.16. The van der Waals surface area contributed by atoms with Gasteiger partial charge in [0, 0.05) is 11.1 Å². The molecule has 0 fully saturated rings. The zero-order valence-corrected chi connectivity index (χ0v) is 10.6. The number of rotatable bonds is 3. The molecule has 0 spiro atoms. The van der Waals surface area contributed by atoms with Gasteiger partial charge in [-0.25, -0.2) is 4.98 Å². The summed E-state index contributed by atoms with van der Waals surface area (Å²) in [5, 5.41) is 9.31. The van der Waals surface area contributed by atoms with Crippen molar-refractivity contribution in [3.63, 3.8) is 0 Å². The van der Waals surface area contributed by atoms with E-state index in [1.165, 1.54) is 0 Å². The van der Waals surface area contributed by atoms with Crippen molar-refractivity contribution in [1.82, 2.24) is 4.98 Å². The summed E-state index contributed by atoms with van der Waals surface area (Å²) in [6, 6.07) is 9.57. The van der Waals surface area contributed by atoms with E-state index in [1.807, 2.05) is 30.3 Å². The minimum atomic E-state index is 0.259. The van der Waals surface area contributed by atoms with Crippen molar-refractivity contribution < 1.29 is 4.42 Å². The summed E-state index contributed by atoms with van der Waals surface area (Å²) in [4.78, 5) is 4.23. The Morgan fingerprint density at radius 1 is 1.39 bits per heavy atom. The first-order chi connectivity index (χ1) is 8.70. The molecule has 0 radical (unpaired) electrons. The monoisotopic (exact) mass is 258 g/mol. The van der Waals surface area contributed by atoms with E-state index in [1.54, 1.807) is 13.0 Å². The van der Waals surface area contributed by atoms with Gasteiger partial charge in [-0.1, -0.05) is 29.8 Å². The fourth-order valence-corrected chi connectivity index (χ4v) is 1.73. The number of hydrogen-bond acceptors (Lipinski definition) is 3. The highest BCUT2D eigenvalue weighted by atomic mass is 35.5. The van der Waals surface area contributed by atoms with Gasteiger partial charge in [-0.05, 0) is 24.6 Å². The molecule has 1 aromatic carbocycles. The van der Waals surface area contributed by atoms with E-state index < -0.39 is 0 Å². The number of aryl methyl sites for hydroxylation is 1. The molecule has 0 aliphatic heterocycles. The third-order valence-electron chi connectivity index (χ3n) is 2.47. The maximum Gasteiger partial charge on any atom is 0.219 e. The minimum Gasteiger partial charge on any atom is -0.442 e. The first-order valence-corrected chi connectivity index (χ1v) is 5.84. The van der Waals surface area contributed by atoms with Crippen molar-refractivity contribution >= 4 is 23.8 Å². The molecule has 0 aliphatic carbocycles. The smallest absolute Gasteiger partial charge is 0.219 e. The van der Waals surface area contributed by atoms with Gasteiger partial charge < -0.3 is 4.42 Å². The Hall–Kier alpha value is -2.05. The normalized spacial score (nSPS) is 10.7. The van der Waals surface area contributed by atoms with Crippen LogP contribution in [-0.4, -0.2) is 4.98 Å². The van der Waals surface area contributed by atoms with Crippen LogP contribution < -0.4 is 0 Å². The van der Waals surface area contributed by atoms with E-state index >= 15 is 0 Å². The van der Waals surface area contributed by atoms with Gasteiger partial charge in [0.15, 0.2) is 0 Å². The SMILES string of the molecule is Cc1oc(C=Cc2ccccc2Cl)nc1CC#N. The predicted molar refractivity (Wildman–Crippen MR) is 70.9 cm³/mol. The molecule has 1 heterocycles. The number of halogens is 1. The van der Waals surface area contributed by atoms with Crippen LogP contribution in [-0.2, 0) is 6.42 Å². The van der Waals surface area contributed by atoms with Crippen molar-refractivity contribution in [2.75, 3.05) is 0 Å². The van der Waals surface area contributed by atoms with Crippen LogP contribution in [0.2, 0.25) is 5.02 Å². The number of oxazole rings is 1. The largest absolute Gasteiger partial charge is 0.442 e. The zero-order chi connectivity index (χ0) is 13.0. The third-order valence-corrected chi connectivity index (χ3v) is 2.81. The van der Waals surface area contributed by atoms with Crippen molar-refractivity contribution in [3.8, 4) is 6.07 Å². The Labute approximate surface area is 110 Å². The van der Waals surface area contributed by atoms with Gasteiger partial charge in [0.25, 0.3) is 0 Å². The van der Waals surface area contributed by atoms with Crippen LogP contribution in [0, 0.1) is 18.3 Å². The van der Waals surface area contributed by atoms with E-state index in [2.05, 4.69) is 11.1 Å². The van der Waals surface area contributed by atoms with E-state index in [-0.39, 0.29) is 6.42 Å². The topological polar surface area (TPSA) is 49.8 Å². The minimum absolute atomic E-state index is 0.259. The molecule has 18 heavy (non-hydrogen) atoms. The Balaban J connectivity index is 2.22. The second kappa shape index (κ2) is 5.52. The Morgan fingerprint density at radius 3 is 2.89 bits per heavy atom. The summed E-state index contributed by atoms with van der Waals surface area (Å²) >= 11 is 6.03. The molecule has 0 bridgehead atoms. The molecule has 0 aliphatic rings. The quantitative estimate of drug-likeness (QED) is 0.840. The Morgan fingerprint density at radius 2 is 2.17 bits per heavy atom. The van der Waals surface area contributed by atoms with Gasteiger partial charge in [0.2, 0.25) is 5.89 Å². The van der Waals surface area contributed by atoms with Gasteiger partial charge in [0.1, 0.15) is 5.76 Å². The van der Waals surface area contributed by atoms with Crippen LogP contribution in [0.15, 0.2) is 28.7 Å². The molecule has 2 rings (SSSR count). The zero-order valence-electron chi connectivity index (χ0n) is 9.85. The second-order valence-corrected chi connectivity index (χ2v) is 4.15. The van der Waals surface area contributed by atoms with E-state index in [0.717, 1.165) is 5.56 Å². The van der Waals surface area contributed by atoms with Crippen LogP contribution in [0.5, 0.6) is 0 Å². The molecular weight excluding hydrogens is 248 g/mol. The average molecular weight is 259 g/mol. The lowest BCUT2D eigenvalue weighted by Gasteiger charge is -1.94. The Bertz CT molecular complexity index is 623. The average Bonchev–Trinajstić information content (AvgIpc) is 2.70. The van der Waals surface area contributed by atoms with Crippen LogP contribution in [0.3, 0.4) is 0 Å². The summed E-state index contributed by atoms with van der Waals surface area (Å²) in [6.07, 6.45) is 3.84. The molecule has 0 amide bonds. The first-order valence-electron chi connectivity index (χ1n) is 5.46. The summed E-state index contributed by atoms with van der Waals surface area (Å²) in [6.45, 7) is 1.80. The standard InChI is InChI=1S/C14H11ClN2O/c1-10-13(8-9-16)17-14(18-10)7-6-11-4-2-3-5-12(11)15/h2-7H,8H2,1H3. The molecule has 1 aromatic heterocycles. The first kappa shape index (κ1) is 12.4. The summed E-state index contributed by atoms with van der Waals surface area (Å²) < 4.78 is 5.44. The molecule has 0 N–H and O–H groups in total. The molecule has 90 valence electrons. The molecule has 2 aromatic rings. The van der Waals surface area contributed by atoms with Crippen molar-refractivity contribution in [2.45, 2.75) is 13.3 Å². The van der Waals surface area contributed by atoms with Crippen molar-refractivity contribution in [1.29, 1.82) is 5.26 Å². The molecule has 0 atom stereocenters. The molecule has 3 nitrogen and oxygen atoms in total. The Kier molecular flexibility index (Phi) is 3.81. The highest BCUT2D eigenvalue weighted by molar-refractivity contribution is 6.32. The van der Waals surface area contributed by atoms with Crippen LogP contribution in [0.4, 0.5) is 0 Å². The molecule has 4 heteroatoms. The lowest BCUT2D eigenvalue weighted by atomic mass is 10.2. The number of aromatic nitrogens is 1. The van der Waals surface area contributed by atoms with Crippen LogP contribution >= 0.6 is 11.6 Å². The maximum atomic E-state index is 8.63. The van der Waals surface area contributed by atoms with Crippen molar-refractivity contribution in [3.05, 3.63) is 52.2 Å². The second-order valence-electron chi connectivity index (χ2n) is 3.74. The number of nitrogens with zero attached hydrogens (tertiary/aromatic N) is 2. The van der Waals surface area contributed by atoms with Crippen LogP contribution in [0.1, 0.15) is 22.9 Å². The van der Waals surface area contributed by atoms with E-state index in [0.29, 0.717) is 22.4 Å². The summed E-state index contributed by atoms with van der Waals surface area (Å²) in [5.41, 5.74) is 1.58. The number of benzene rings is 1. The van der Waals surface area contributed by atoms with Gasteiger partial charge in [-0.15, -0.1) is 0 Å².